The summed E-state index contributed by atoms with van der Waals surface area (Å²) in [4.78, 5) is 5.01. The number of likely N-dealkylation sites (N-methyl/N-ethyl adjacent to an activating group) is 2. The highest BCUT2D eigenvalue weighted by molar-refractivity contribution is 4.80. The van der Waals surface area contributed by atoms with E-state index < -0.39 is 0 Å². The molecule has 0 bridgehead atoms. The molecule has 1 aliphatic rings. The van der Waals surface area contributed by atoms with Gasteiger partial charge in [-0.1, -0.05) is 13.8 Å². The number of hydrogen-bond donors (Lipinski definition) is 1. The molecule has 2 unspecified atom stereocenters. The lowest BCUT2D eigenvalue weighted by atomic mass is 10.0. The standard InChI is InChI=1S/C13H29N3/c1-5-12(14-6-2)10-16-9-7-8-13(11-16)15(3)4/h12-14H,5-11H2,1-4H3. The minimum atomic E-state index is 0.672. The Bertz CT molecular complexity index is 182. The Morgan fingerprint density at radius 2 is 2.12 bits per heavy atom. The highest BCUT2D eigenvalue weighted by Crippen LogP contribution is 2.14. The first-order valence-electron chi connectivity index (χ1n) is 6.79. The fourth-order valence-electron chi connectivity index (χ4n) is 2.56. The molecule has 3 heteroatoms. The van der Waals surface area contributed by atoms with Crippen LogP contribution in [0.1, 0.15) is 33.1 Å². The van der Waals surface area contributed by atoms with Gasteiger partial charge in [-0.25, -0.2) is 0 Å². The topological polar surface area (TPSA) is 18.5 Å². The van der Waals surface area contributed by atoms with Crippen LogP contribution in [0.15, 0.2) is 0 Å². The van der Waals surface area contributed by atoms with Crippen LogP contribution in [0.5, 0.6) is 0 Å². The number of nitrogens with one attached hydrogen (secondary N) is 1. The maximum absolute atomic E-state index is 3.57. The molecule has 0 saturated carbocycles. The van der Waals surface area contributed by atoms with E-state index in [0.717, 1.165) is 12.6 Å². The van der Waals surface area contributed by atoms with Crippen LogP contribution in [-0.2, 0) is 0 Å². The molecule has 1 aliphatic heterocycles. The first kappa shape index (κ1) is 13.9. The molecule has 1 heterocycles. The molecular formula is C13H29N3. The van der Waals surface area contributed by atoms with Crippen LogP contribution in [-0.4, -0.2) is 62.2 Å². The second-order valence-electron chi connectivity index (χ2n) is 5.18. The Morgan fingerprint density at radius 3 is 2.69 bits per heavy atom. The SMILES string of the molecule is CCNC(CC)CN1CCCC(N(C)C)C1. The van der Waals surface area contributed by atoms with Crippen molar-refractivity contribution in [3.8, 4) is 0 Å². The normalized spacial score (nSPS) is 24.9. The lowest BCUT2D eigenvalue weighted by molar-refractivity contribution is 0.123. The van der Waals surface area contributed by atoms with Crippen LogP contribution < -0.4 is 5.32 Å². The molecule has 0 aromatic rings. The lowest BCUT2D eigenvalue weighted by Crippen LogP contribution is -2.49. The monoisotopic (exact) mass is 227 g/mol. The summed E-state index contributed by atoms with van der Waals surface area (Å²) in [6.07, 6.45) is 3.95. The molecule has 0 radical (unpaired) electrons. The number of piperidine rings is 1. The third-order valence-corrected chi connectivity index (χ3v) is 3.68. The maximum Gasteiger partial charge on any atom is 0.0217 e. The van der Waals surface area contributed by atoms with Crippen molar-refractivity contribution in [1.29, 1.82) is 0 Å². The minimum Gasteiger partial charge on any atom is -0.313 e. The predicted octanol–water partition coefficient (Wildman–Crippen LogP) is 1.40. The van der Waals surface area contributed by atoms with E-state index in [1.165, 1.54) is 38.9 Å². The molecule has 0 aliphatic carbocycles. The van der Waals surface area contributed by atoms with E-state index >= 15 is 0 Å². The molecule has 0 amide bonds. The number of nitrogens with zero attached hydrogens (tertiary/aromatic N) is 2. The fraction of sp³-hybridized carbons (Fsp3) is 1.00. The summed E-state index contributed by atoms with van der Waals surface area (Å²) < 4.78 is 0. The van der Waals surface area contributed by atoms with Gasteiger partial charge in [0.1, 0.15) is 0 Å². The zero-order valence-corrected chi connectivity index (χ0v) is 11.5. The summed E-state index contributed by atoms with van der Waals surface area (Å²) in [6.45, 7) is 9.31. The van der Waals surface area contributed by atoms with Crippen molar-refractivity contribution in [2.45, 2.75) is 45.2 Å². The van der Waals surface area contributed by atoms with Crippen LogP contribution in [0.2, 0.25) is 0 Å². The molecule has 16 heavy (non-hydrogen) atoms. The highest BCUT2D eigenvalue weighted by atomic mass is 15.2. The van der Waals surface area contributed by atoms with Gasteiger partial charge >= 0.3 is 0 Å². The minimum absolute atomic E-state index is 0.672. The average Bonchev–Trinajstić information content (AvgIpc) is 2.29. The molecule has 1 fully saturated rings. The smallest absolute Gasteiger partial charge is 0.0217 e. The van der Waals surface area contributed by atoms with Gasteiger partial charge in [0, 0.05) is 25.2 Å². The van der Waals surface area contributed by atoms with Crippen LogP contribution >= 0.6 is 0 Å². The molecule has 1 rings (SSSR count). The molecule has 1 N–H and O–H groups in total. The van der Waals surface area contributed by atoms with Gasteiger partial charge in [-0.15, -0.1) is 0 Å². The summed E-state index contributed by atoms with van der Waals surface area (Å²) in [5.41, 5.74) is 0. The summed E-state index contributed by atoms with van der Waals surface area (Å²) in [7, 11) is 4.41. The van der Waals surface area contributed by atoms with Crippen LogP contribution in [0.3, 0.4) is 0 Å². The predicted molar refractivity (Wildman–Crippen MR) is 70.9 cm³/mol. The lowest BCUT2D eigenvalue weighted by Gasteiger charge is -2.37. The zero-order valence-electron chi connectivity index (χ0n) is 11.5. The van der Waals surface area contributed by atoms with Gasteiger partial charge in [0.2, 0.25) is 0 Å². The van der Waals surface area contributed by atoms with E-state index in [4.69, 9.17) is 0 Å². The Morgan fingerprint density at radius 1 is 1.38 bits per heavy atom. The molecule has 0 aromatic heterocycles. The quantitative estimate of drug-likeness (QED) is 0.740. The van der Waals surface area contributed by atoms with Gasteiger partial charge in [0.15, 0.2) is 0 Å². The molecule has 0 spiro atoms. The van der Waals surface area contributed by atoms with Gasteiger partial charge in [0.25, 0.3) is 0 Å². The largest absolute Gasteiger partial charge is 0.313 e. The van der Waals surface area contributed by atoms with Crippen molar-refractivity contribution in [2.75, 3.05) is 40.3 Å². The Kier molecular flexibility index (Phi) is 6.32. The van der Waals surface area contributed by atoms with Crippen molar-refractivity contribution in [1.82, 2.24) is 15.1 Å². The van der Waals surface area contributed by atoms with Crippen LogP contribution in [0.4, 0.5) is 0 Å². The number of likely N-dealkylation sites (tertiary alicyclic amines) is 1. The van der Waals surface area contributed by atoms with Gasteiger partial charge in [0.05, 0.1) is 0 Å². The molecule has 96 valence electrons. The molecule has 0 aromatic carbocycles. The summed E-state index contributed by atoms with van der Waals surface area (Å²) in [6, 6.07) is 1.43. The van der Waals surface area contributed by atoms with E-state index in [1.54, 1.807) is 0 Å². The highest BCUT2D eigenvalue weighted by Gasteiger charge is 2.22. The summed E-state index contributed by atoms with van der Waals surface area (Å²) in [5.74, 6) is 0. The van der Waals surface area contributed by atoms with Crippen molar-refractivity contribution < 1.29 is 0 Å². The molecular weight excluding hydrogens is 198 g/mol. The van der Waals surface area contributed by atoms with E-state index in [2.05, 4.69) is 43.1 Å². The van der Waals surface area contributed by atoms with Crippen LogP contribution in [0.25, 0.3) is 0 Å². The average molecular weight is 227 g/mol. The van der Waals surface area contributed by atoms with E-state index in [-0.39, 0.29) is 0 Å². The molecule has 2 atom stereocenters. The van der Waals surface area contributed by atoms with Gasteiger partial charge < -0.3 is 15.1 Å². The Balaban J connectivity index is 2.35. The third kappa shape index (κ3) is 4.40. The van der Waals surface area contributed by atoms with E-state index in [0.29, 0.717) is 6.04 Å². The van der Waals surface area contributed by atoms with Crippen molar-refractivity contribution in [3.05, 3.63) is 0 Å². The maximum atomic E-state index is 3.57. The van der Waals surface area contributed by atoms with E-state index in [9.17, 15) is 0 Å². The van der Waals surface area contributed by atoms with Crippen LogP contribution in [0, 0.1) is 0 Å². The first-order chi connectivity index (χ1) is 7.67. The fourth-order valence-corrected chi connectivity index (χ4v) is 2.56. The number of hydrogen-bond acceptors (Lipinski definition) is 3. The van der Waals surface area contributed by atoms with E-state index in [1.807, 2.05) is 0 Å². The first-order valence-corrected chi connectivity index (χ1v) is 6.79. The second-order valence-corrected chi connectivity index (χ2v) is 5.18. The van der Waals surface area contributed by atoms with Gasteiger partial charge in [-0.2, -0.15) is 0 Å². The zero-order chi connectivity index (χ0) is 12.0. The summed E-state index contributed by atoms with van der Waals surface area (Å²) >= 11 is 0. The molecule has 3 nitrogen and oxygen atoms in total. The molecule has 1 saturated heterocycles. The van der Waals surface area contributed by atoms with Crippen molar-refractivity contribution in [3.63, 3.8) is 0 Å². The van der Waals surface area contributed by atoms with Crippen molar-refractivity contribution >= 4 is 0 Å². The Labute approximate surface area is 101 Å². The Hall–Kier alpha value is -0.120. The second kappa shape index (κ2) is 7.25. The van der Waals surface area contributed by atoms with Crippen molar-refractivity contribution in [2.24, 2.45) is 0 Å². The summed E-state index contributed by atoms with van der Waals surface area (Å²) in [5, 5.41) is 3.57. The van der Waals surface area contributed by atoms with Gasteiger partial charge in [-0.3, -0.25) is 0 Å². The third-order valence-electron chi connectivity index (χ3n) is 3.68. The van der Waals surface area contributed by atoms with Gasteiger partial charge in [-0.05, 0) is 46.4 Å². The number of rotatable bonds is 6.